The molecule has 0 atom stereocenters. The molecule has 0 fully saturated rings. The minimum atomic E-state index is 0.761. The average molecular weight is 260 g/mol. The first kappa shape index (κ1) is 10.8. The molecule has 0 saturated carbocycles. The van der Waals surface area contributed by atoms with Crippen LogP contribution in [0.3, 0.4) is 0 Å². The number of rotatable bonds is 1. The van der Waals surface area contributed by atoms with Crippen molar-refractivity contribution in [1.29, 1.82) is 0 Å². The molecule has 0 aliphatic heterocycles. The van der Waals surface area contributed by atoms with Gasteiger partial charge in [-0.25, -0.2) is 4.98 Å². The van der Waals surface area contributed by atoms with E-state index in [1.54, 1.807) is 11.3 Å². The van der Waals surface area contributed by atoms with Gasteiger partial charge in [0.1, 0.15) is 5.01 Å². The van der Waals surface area contributed by atoms with Crippen LogP contribution in [0.1, 0.15) is 5.56 Å². The zero-order valence-electron chi connectivity index (χ0n) is 9.27. The van der Waals surface area contributed by atoms with E-state index < -0.39 is 0 Å². The molecular weight excluding hydrogens is 250 g/mol. The van der Waals surface area contributed by atoms with Gasteiger partial charge in [-0.2, -0.15) is 0 Å². The zero-order valence-corrected chi connectivity index (χ0v) is 10.8. The summed E-state index contributed by atoms with van der Waals surface area (Å²) in [6, 6.07) is 14.2. The summed E-state index contributed by atoms with van der Waals surface area (Å²) in [7, 11) is 0. The first-order valence-electron chi connectivity index (χ1n) is 5.35. The normalized spacial score (nSPS) is 10.9. The molecule has 1 aromatic heterocycles. The van der Waals surface area contributed by atoms with Crippen LogP contribution < -0.4 is 0 Å². The van der Waals surface area contributed by atoms with E-state index in [1.807, 2.05) is 18.2 Å². The lowest BCUT2D eigenvalue weighted by Gasteiger charge is -1.95. The van der Waals surface area contributed by atoms with E-state index in [2.05, 4.69) is 36.2 Å². The quantitative estimate of drug-likeness (QED) is 0.604. The second-order valence-corrected chi connectivity index (χ2v) is 5.46. The topological polar surface area (TPSA) is 12.9 Å². The number of nitrogens with zero attached hydrogens (tertiary/aromatic N) is 1. The standard InChI is InChI=1S/C14H10ClNS/c1-9-2-4-10(5-3-9)14-16-12-7-6-11(15)8-13(12)17-14/h2-8H,1H3. The molecule has 0 N–H and O–H groups in total. The largest absolute Gasteiger partial charge is 0.236 e. The monoisotopic (exact) mass is 259 g/mol. The van der Waals surface area contributed by atoms with Crippen LogP contribution in [0.4, 0.5) is 0 Å². The fourth-order valence-corrected chi connectivity index (χ4v) is 2.97. The minimum absolute atomic E-state index is 0.761. The van der Waals surface area contributed by atoms with Gasteiger partial charge < -0.3 is 0 Å². The molecular formula is C14H10ClNS. The Bertz CT molecular complexity index is 670. The van der Waals surface area contributed by atoms with Gasteiger partial charge >= 0.3 is 0 Å². The summed E-state index contributed by atoms with van der Waals surface area (Å²) in [6.45, 7) is 2.09. The molecule has 3 aromatic rings. The predicted octanol–water partition coefficient (Wildman–Crippen LogP) is 4.93. The molecule has 3 heteroatoms. The van der Waals surface area contributed by atoms with Crippen molar-refractivity contribution in [2.24, 2.45) is 0 Å². The summed E-state index contributed by atoms with van der Waals surface area (Å²) in [4.78, 5) is 4.61. The lowest BCUT2D eigenvalue weighted by Crippen LogP contribution is -1.76. The van der Waals surface area contributed by atoms with Gasteiger partial charge in [0.2, 0.25) is 0 Å². The Morgan fingerprint density at radius 3 is 2.59 bits per heavy atom. The highest BCUT2D eigenvalue weighted by molar-refractivity contribution is 7.21. The third-order valence-corrected chi connectivity index (χ3v) is 3.95. The number of aromatic nitrogens is 1. The van der Waals surface area contributed by atoms with Crippen LogP contribution in [0, 0.1) is 6.92 Å². The van der Waals surface area contributed by atoms with Crippen LogP contribution >= 0.6 is 22.9 Å². The average Bonchev–Trinajstić information content (AvgIpc) is 2.72. The summed E-state index contributed by atoms with van der Waals surface area (Å²) in [5.41, 5.74) is 3.43. The maximum atomic E-state index is 5.97. The molecule has 84 valence electrons. The summed E-state index contributed by atoms with van der Waals surface area (Å²) in [5.74, 6) is 0. The molecule has 0 spiro atoms. The predicted molar refractivity (Wildman–Crippen MR) is 74.8 cm³/mol. The van der Waals surface area contributed by atoms with Gasteiger partial charge in [-0.1, -0.05) is 41.4 Å². The van der Waals surface area contributed by atoms with Crippen LogP contribution in [0.15, 0.2) is 42.5 Å². The van der Waals surface area contributed by atoms with Gasteiger partial charge in [0.05, 0.1) is 10.2 Å². The second-order valence-electron chi connectivity index (χ2n) is 4.00. The number of hydrogen-bond acceptors (Lipinski definition) is 2. The molecule has 3 rings (SSSR count). The first-order valence-corrected chi connectivity index (χ1v) is 6.55. The van der Waals surface area contributed by atoms with Gasteiger partial charge in [-0.15, -0.1) is 11.3 Å². The van der Waals surface area contributed by atoms with Crippen molar-refractivity contribution in [1.82, 2.24) is 4.98 Å². The molecule has 1 nitrogen and oxygen atoms in total. The fraction of sp³-hybridized carbons (Fsp3) is 0.0714. The molecule has 0 bridgehead atoms. The number of fused-ring (bicyclic) bond motifs is 1. The molecule has 0 radical (unpaired) electrons. The van der Waals surface area contributed by atoms with Crippen molar-refractivity contribution >= 4 is 33.2 Å². The highest BCUT2D eigenvalue weighted by Gasteiger charge is 2.06. The highest BCUT2D eigenvalue weighted by Crippen LogP contribution is 2.31. The van der Waals surface area contributed by atoms with Gasteiger partial charge in [0, 0.05) is 10.6 Å². The Morgan fingerprint density at radius 2 is 1.82 bits per heavy atom. The third kappa shape index (κ3) is 2.06. The zero-order chi connectivity index (χ0) is 11.8. The van der Waals surface area contributed by atoms with Gasteiger partial charge in [-0.05, 0) is 25.1 Å². The Hall–Kier alpha value is -1.38. The molecule has 0 amide bonds. The lowest BCUT2D eigenvalue weighted by molar-refractivity contribution is 1.44. The molecule has 0 aliphatic rings. The fourth-order valence-electron chi connectivity index (χ4n) is 1.72. The lowest BCUT2D eigenvalue weighted by atomic mass is 10.2. The molecule has 2 aromatic carbocycles. The number of benzene rings is 2. The molecule has 0 aliphatic carbocycles. The van der Waals surface area contributed by atoms with E-state index in [9.17, 15) is 0 Å². The highest BCUT2D eigenvalue weighted by atomic mass is 35.5. The van der Waals surface area contributed by atoms with Crippen LogP contribution in [-0.2, 0) is 0 Å². The molecule has 0 unspecified atom stereocenters. The van der Waals surface area contributed by atoms with Crippen molar-refractivity contribution in [3.8, 4) is 10.6 Å². The van der Waals surface area contributed by atoms with E-state index in [0.717, 1.165) is 25.8 Å². The van der Waals surface area contributed by atoms with E-state index in [0.29, 0.717) is 0 Å². The smallest absolute Gasteiger partial charge is 0.124 e. The van der Waals surface area contributed by atoms with E-state index in [4.69, 9.17) is 11.6 Å². The van der Waals surface area contributed by atoms with Gasteiger partial charge in [0.15, 0.2) is 0 Å². The van der Waals surface area contributed by atoms with Crippen molar-refractivity contribution in [3.63, 3.8) is 0 Å². The minimum Gasteiger partial charge on any atom is -0.236 e. The summed E-state index contributed by atoms with van der Waals surface area (Å²) in [6.07, 6.45) is 0. The SMILES string of the molecule is Cc1ccc(-c2nc3ccc(Cl)cc3s2)cc1. The maximum Gasteiger partial charge on any atom is 0.124 e. The number of thiazole rings is 1. The van der Waals surface area contributed by atoms with Crippen molar-refractivity contribution in [2.75, 3.05) is 0 Å². The molecule has 0 saturated heterocycles. The maximum absolute atomic E-state index is 5.97. The van der Waals surface area contributed by atoms with Crippen molar-refractivity contribution in [2.45, 2.75) is 6.92 Å². The van der Waals surface area contributed by atoms with Crippen LogP contribution in [-0.4, -0.2) is 4.98 Å². The summed E-state index contributed by atoms with van der Waals surface area (Å²) < 4.78 is 1.13. The molecule has 17 heavy (non-hydrogen) atoms. The Morgan fingerprint density at radius 1 is 1.06 bits per heavy atom. The second kappa shape index (κ2) is 4.13. The summed E-state index contributed by atoms with van der Waals surface area (Å²) >= 11 is 7.65. The van der Waals surface area contributed by atoms with Crippen molar-refractivity contribution < 1.29 is 0 Å². The Labute approximate surface area is 109 Å². The number of halogens is 1. The van der Waals surface area contributed by atoms with Gasteiger partial charge in [0.25, 0.3) is 0 Å². The Kier molecular flexibility index (Phi) is 2.61. The van der Waals surface area contributed by atoms with Crippen LogP contribution in [0.2, 0.25) is 5.02 Å². The van der Waals surface area contributed by atoms with E-state index >= 15 is 0 Å². The van der Waals surface area contributed by atoms with E-state index in [-0.39, 0.29) is 0 Å². The van der Waals surface area contributed by atoms with E-state index in [1.165, 1.54) is 5.56 Å². The van der Waals surface area contributed by atoms with Gasteiger partial charge in [-0.3, -0.25) is 0 Å². The van der Waals surface area contributed by atoms with Crippen LogP contribution in [0.25, 0.3) is 20.8 Å². The third-order valence-electron chi connectivity index (χ3n) is 2.65. The van der Waals surface area contributed by atoms with Crippen LogP contribution in [0.5, 0.6) is 0 Å². The Balaban J connectivity index is 2.14. The molecule has 1 heterocycles. The number of aryl methyl sites for hydroxylation is 1. The first-order chi connectivity index (χ1) is 8.22. The summed E-state index contributed by atoms with van der Waals surface area (Å²) in [5, 5.41) is 1.80. The van der Waals surface area contributed by atoms with Crippen molar-refractivity contribution in [3.05, 3.63) is 53.1 Å². The number of hydrogen-bond donors (Lipinski definition) is 0.